The number of halogens is 3. The zero-order valence-electron chi connectivity index (χ0n) is 25.1. The molecule has 0 saturated carbocycles. The second-order valence-corrected chi connectivity index (χ2v) is 12.2. The molecule has 7 rings (SSSR count). The largest absolute Gasteiger partial charge is 0.347 e. The molecule has 0 fully saturated rings. The van der Waals surface area contributed by atoms with E-state index >= 15 is 0 Å². The highest BCUT2D eigenvalue weighted by atomic mass is 35.5. The third kappa shape index (κ3) is 6.04. The van der Waals surface area contributed by atoms with Gasteiger partial charge in [0.1, 0.15) is 5.54 Å². The minimum Gasteiger partial charge on any atom is -0.347 e. The van der Waals surface area contributed by atoms with E-state index in [9.17, 15) is 0 Å². The molecule has 228 valence electrons. The van der Waals surface area contributed by atoms with Crippen molar-refractivity contribution < 1.29 is 0 Å². The molecule has 0 radical (unpaired) electrons. The van der Waals surface area contributed by atoms with Gasteiger partial charge in [-0.05, 0) is 63.2 Å². The van der Waals surface area contributed by atoms with E-state index in [-0.39, 0.29) is 18.4 Å². The van der Waals surface area contributed by atoms with E-state index in [2.05, 4.69) is 162 Å². The second kappa shape index (κ2) is 13.9. The normalized spacial score (nSPS) is 13.3. The number of hydrogen-bond donors (Lipinski definition) is 0. The van der Waals surface area contributed by atoms with Crippen LogP contribution in [0.5, 0.6) is 0 Å². The van der Waals surface area contributed by atoms with Gasteiger partial charge in [-0.2, -0.15) is 0 Å². The first-order valence-electron chi connectivity index (χ1n) is 15.1. The van der Waals surface area contributed by atoms with Crippen LogP contribution >= 0.6 is 35.6 Å². The standard InChI is InChI=1S/C41H32Cl2N2.ClH/c42-38-24-20-32(21-25-38)31-16-18-34(19-17-31)40(33-10-4-1-5-11-33)44-28-29-45(30-44)41(35-12-6-2-7-13-35,36-14-8-3-9-15-36)37-22-26-39(43)27-23-37;/h1-29,40H,30H2;1H. The van der Waals surface area contributed by atoms with Gasteiger partial charge in [-0.1, -0.05) is 163 Å². The zero-order valence-corrected chi connectivity index (χ0v) is 27.4. The predicted octanol–water partition coefficient (Wildman–Crippen LogP) is 11.2. The van der Waals surface area contributed by atoms with Crippen LogP contribution in [0, 0.1) is 0 Å². The fourth-order valence-corrected chi connectivity index (χ4v) is 6.83. The summed E-state index contributed by atoms with van der Waals surface area (Å²) in [5.74, 6) is 0. The van der Waals surface area contributed by atoms with E-state index in [0.717, 1.165) is 26.7 Å². The molecular weight excluding hydrogens is 627 g/mol. The Morgan fingerprint density at radius 1 is 0.457 bits per heavy atom. The summed E-state index contributed by atoms with van der Waals surface area (Å²) in [4.78, 5) is 4.89. The first-order chi connectivity index (χ1) is 22.1. The van der Waals surface area contributed by atoms with Gasteiger partial charge in [-0.3, -0.25) is 0 Å². The van der Waals surface area contributed by atoms with Crippen LogP contribution in [0.1, 0.15) is 33.9 Å². The van der Waals surface area contributed by atoms with Gasteiger partial charge in [0.15, 0.2) is 0 Å². The highest BCUT2D eigenvalue weighted by Gasteiger charge is 2.43. The molecule has 46 heavy (non-hydrogen) atoms. The average Bonchev–Trinajstić information content (AvgIpc) is 3.58. The van der Waals surface area contributed by atoms with Crippen LogP contribution in [0.4, 0.5) is 0 Å². The molecule has 1 unspecified atom stereocenters. The van der Waals surface area contributed by atoms with Gasteiger partial charge in [0, 0.05) is 22.4 Å². The lowest BCUT2D eigenvalue weighted by atomic mass is 9.76. The Kier molecular flexibility index (Phi) is 9.51. The Bertz CT molecular complexity index is 1840. The molecule has 6 aromatic rings. The maximum atomic E-state index is 6.43. The Morgan fingerprint density at radius 3 is 1.39 bits per heavy atom. The molecule has 0 aliphatic carbocycles. The van der Waals surface area contributed by atoms with Crippen LogP contribution in [0.15, 0.2) is 176 Å². The molecule has 0 amide bonds. The van der Waals surface area contributed by atoms with Crippen molar-refractivity contribution in [1.29, 1.82) is 0 Å². The molecule has 0 spiro atoms. The SMILES string of the molecule is Cl.Clc1ccc(-c2ccc(C(c3ccccc3)N3C=CN(C(c4ccccc4)(c4ccccc4)c4ccc(Cl)cc4)C3)cc2)cc1. The van der Waals surface area contributed by atoms with Gasteiger partial charge in [0.2, 0.25) is 0 Å². The Hall–Kier alpha value is -4.47. The molecule has 5 heteroatoms. The first-order valence-corrected chi connectivity index (χ1v) is 15.9. The van der Waals surface area contributed by atoms with E-state index in [4.69, 9.17) is 23.2 Å². The van der Waals surface area contributed by atoms with Crippen LogP contribution < -0.4 is 0 Å². The monoisotopic (exact) mass is 658 g/mol. The smallest absolute Gasteiger partial charge is 0.117 e. The highest BCUT2D eigenvalue weighted by Crippen LogP contribution is 2.45. The lowest BCUT2D eigenvalue weighted by molar-refractivity contribution is 0.162. The molecule has 0 N–H and O–H groups in total. The Morgan fingerprint density at radius 2 is 0.870 bits per heavy atom. The van der Waals surface area contributed by atoms with Crippen molar-refractivity contribution in [1.82, 2.24) is 9.80 Å². The summed E-state index contributed by atoms with van der Waals surface area (Å²) in [5, 5.41) is 1.46. The number of hydrogen-bond acceptors (Lipinski definition) is 2. The predicted molar refractivity (Wildman–Crippen MR) is 194 cm³/mol. The minimum absolute atomic E-state index is 0. The first kappa shape index (κ1) is 31.5. The van der Waals surface area contributed by atoms with Crippen molar-refractivity contribution in [3.05, 3.63) is 214 Å². The van der Waals surface area contributed by atoms with Crippen molar-refractivity contribution in [2.75, 3.05) is 6.67 Å². The Balaban J connectivity index is 0.00000372. The van der Waals surface area contributed by atoms with Gasteiger partial charge in [0.25, 0.3) is 0 Å². The maximum absolute atomic E-state index is 6.43. The summed E-state index contributed by atoms with van der Waals surface area (Å²) in [6, 6.07) is 57.5. The van der Waals surface area contributed by atoms with E-state index < -0.39 is 5.54 Å². The quantitative estimate of drug-likeness (QED) is 0.150. The fraction of sp³-hybridized carbons (Fsp3) is 0.0732. The average molecular weight is 660 g/mol. The summed E-state index contributed by atoms with van der Waals surface area (Å²) in [6.07, 6.45) is 4.48. The van der Waals surface area contributed by atoms with Gasteiger partial charge < -0.3 is 9.80 Å². The molecule has 1 heterocycles. The molecule has 6 aromatic carbocycles. The fourth-order valence-electron chi connectivity index (χ4n) is 6.58. The molecule has 1 aliphatic rings. The maximum Gasteiger partial charge on any atom is 0.117 e. The molecule has 1 aliphatic heterocycles. The number of benzene rings is 6. The van der Waals surface area contributed by atoms with Crippen LogP contribution in [0.25, 0.3) is 11.1 Å². The summed E-state index contributed by atoms with van der Waals surface area (Å²) in [6.45, 7) is 0.672. The van der Waals surface area contributed by atoms with E-state index in [1.54, 1.807) is 0 Å². The van der Waals surface area contributed by atoms with Crippen molar-refractivity contribution in [3.63, 3.8) is 0 Å². The second-order valence-electron chi connectivity index (χ2n) is 11.3. The molecule has 0 bridgehead atoms. The van der Waals surface area contributed by atoms with E-state index in [0.29, 0.717) is 6.67 Å². The van der Waals surface area contributed by atoms with Crippen molar-refractivity contribution in [2.45, 2.75) is 11.6 Å². The summed E-state index contributed by atoms with van der Waals surface area (Å²) >= 11 is 12.6. The minimum atomic E-state index is -0.585. The van der Waals surface area contributed by atoms with Gasteiger partial charge in [-0.25, -0.2) is 0 Å². The summed E-state index contributed by atoms with van der Waals surface area (Å²) in [5.41, 5.74) is 7.71. The van der Waals surface area contributed by atoms with Crippen molar-refractivity contribution >= 4 is 35.6 Å². The highest BCUT2D eigenvalue weighted by molar-refractivity contribution is 6.30. The van der Waals surface area contributed by atoms with Crippen LogP contribution in [0.2, 0.25) is 10.0 Å². The molecule has 0 saturated heterocycles. The van der Waals surface area contributed by atoms with Crippen LogP contribution in [0.3, 0.4) is 0 Å². The third-order valence-corrected chi connectivity index (χ3v) is 9.18. The Labute approximate surface area is 287 Å². The summed E-state index contributed by atoms with van der Waals surface area (Å²) in [7, 11) is 0. The molecule has 0 aromatic heterocycles. The van der Waals surface area contributed by atoms with Crippen LogP contribution in [-0.4, -0.2) is 16.5 Å². The van der Waals surface area contributed by atoms with Crippen molar-refractivity contribution in [2.24, 2.45) is 0 Å². The van der Waals surface area contributed by atoms with Gasteiger partial charge >= 0.3 is 0 Å². The lowest BCUT2D eigenvalue weighted by Gasteiger charge is -2.45. The molecular formula is C41H33Cl3N2. The lowest BCUT2D eigenvalue weighted by Crippen LogP contribution is -2.46. The van der Waals surface area contributed by atoms with Crippen molar-refractivity contribution in [3.8, 4) is 11.1 Å². The van der Waals surface area contributed by atoms with Crippen LogP contribution in [-0.2, 0) is 5.54 Å². The summed E-state index contributed by atoms with van der Waals surface area (Å²) < 4.78 is 0. The topological polar surface area (TPSA) is 6.48 Å². The molecule has 2 nitrogen and oxygen atoms in total. The third-order valence-electron chi connectivity index (χ3n) is 8.68. The number of rotatable bonds is 8. The number of nitrogens with zero attached hydrogens (tertiary/aromatic N) is 2. The zero-order chi connectivity index (χ0) is 30.6. The van der Waals surface area contributed by atoms with E-state index in [1.807, 2.05) is 24.3 Å². The van der Waals surface area contributed by atoms with Gasteiger partial charge in [0.05, 0.1) is 12.7 Å². The van der Waals surface area contributed by atoms with E-state index in [1.165, 1.54) is 22.3 Å². The molecule has 1 atom stereocenters. The van der Waals surface area contributed by atoms with Gasteiger partial charge in [-0.15, -0.1) is 12.4 Å².